The molecular formula is C12H6Cl2F2. The molecule has 0 saturated heterocycles. The second kappa shape index (κ2) is 4.40. The molecule has 4 heteroatoms. The van der Waals surface area contributed by atoms with E-state index in [9.17, 15) is 8.78 Å². The highest BCUT2D eigenvalue weighted by Gasteiger charge is 2.07. The maximum absolute atomic E-state index is 13.1. The summed E-state index contributed by atoms with van der Waals surface area (Å²) in [5.41, 5.74) is 1.07. The summed E-state index contributed by atoms with van der Waals surface area (Å²) in [6, 6.07) is 8.00. The summed E-state index contributed by atoms with van der Waals surface area (Å²) in [6.45, 7) is 0. The van der Waals surface area contributed by atoms with Gasteiger partial charge in [-0.25, -0.2) is 8.78 Å². The van der Waals surface area contributed by atoms with Crippen LogP contribution in [0.2, 0.25) is 10.0 Å². The fourth-order valence-electron chi connectivity index (χ4n) is 1.43. The normalized spacial score (nSPS) is 10.5. The predicted molar refractivity (Wildman–Crippen MR) is 61.8 cm³/mol. The molecule has 0 aliphatic rings. The van der Waals surface area contributed by atoms with E-state index in [1.54, 1.807) is 6.07 Å². The maximum atomic E-state index is 13.1. The Labute approximate surface area is 101 Å². The Hall–Kier alpha value is -1.12. The Morgan fingerprint density at radius 3 is 2.19 bits per heavy atom. The summed E-state index contributed by atoms with van der Waals surface area (Å²) in [7, 11) is 0. The van der Waals surface area contributed by atoms with Crippen LogP contribution in [0.25, 0.3) is 11.1 Å². The van der Waals surface area contributed by atoms with Crippen molar-refractivity contribution >= 4 is 23.2 Å². The number of benzene rings is 2. The van der Waals surface area contributed by atoms with Gasteiger partial charge >= 0.3 is 0 Å². The minimum Gasteiger partial charge on any atom is -0.207 e. The first kappa shape index (κ1) is 11.4. The lowest BCUT2D eigenvalue weighted by Gasteiger charge is -2.05. The highest BCUT2D eigenvalue weighted by Crippen LogP contribution is 2.30. The van der Waals surface area contributed by atoms with Crippen LogP contribution in [0.1, 0.15) is 0 Å². The number of halogens is 4. The molecule has 0 fully saturated rings. The first-order chi connectivity index (χ1) is 7.56. The third-order valence-electron chi connectivity index (χ3n) is 2.10. The van der Waals surface area contributed by atoms with Crippen LogP contribution < -0.4 is 0 Å². The second-order valence-corrected chi connectivity index (χ2v) is 4.13. The number of hydrogen-bond donors (Lipinski definition) is 0. The maximum Gasteiger partial charge on any atom is 0.125 e. The molecule has 2 aromatic carbocycles. The lowest BCUT2D eigenvalue weighted by atomic mass is 10.1. The third-order valence-corrected chi connectivity index (χ3v) is 2.64. The topological polar surface area (TPSA) is 0 Å². The van der Waals surface area contributed by atoms with E-state index in [0.29, 0.717) is 11.1 Å². The molecule has 0 atom stereocenters. The lowest BCUT2D eigenvalue weighted by molar-refractivity contribution is 0.627. The van der Waals surface area contributed by atoms with Crippen LogP contribution in [0, 0.1) is 11.6 Å². The van der Waals surface area contributed by atoms with Gasteiger partial charge < -0.3 is 0 Å². The van der Waals surface area contributed by atoms with E-state index in [1.807, 2.05) is 0 Å². The lowest BCUT2D eigenvalue weighted by Crippen LogP contribution is -1.84. The molecule has 0 nitrogen and oxygen atoms in total. The van der Waals surface area contributed by atoms with Crippen molar-refractivity contribution in [2.75, 3.05) is 0 Å². The van der Waals surface area contributed by atoms with Crippen LogP contribution in [-0.2, 0) is 0 Å². The Balaban J connectivity index is 2.58. The Morgan fingerprint density at radius 1 is 0.812 bits per heavy atom. The summed E-state index contributed by atoms with van der Waals surface area (Å²) >= 11 is 11.6. The number of hydrogen-bond acceptors (Lipinski definition) is 0. The molecule has 0 heterocycles. The minimum absolute atomic E-state index is 0.224. The summed E-state index contributed by atoms with van der Waals surface area (Å²) < 4.78 is 26.0. The molecule has 0 radical (unpaired) electrons. The van der Waals surface area contributed by atoms with Crippen molar-refractivity contribution < 1.29 is 8.78 Å². The SMILES string of the molecule is Fc1cc(Cl)cc(-c2ccc(F)cc2Cl)c1. The van der Waals surface area contributed by atoms with Gasteiger partial charge in [0.15, 0.2) is 0 Å². The van der Waals surface area contributed by atoms with Gasteiger partial charge in [0.2, 0.25) is 0 Å². The zero-order valence-electron chi connectivity index (χ0n) is 7.98. The van der Waals surface area contributed by atoms with Gasteiger partial charge in [-0.05, 0) is 42.0 Å². The highest BCUT2D eigenvalue weighted by molar-refractivity contribution is 6.33. The van der Waals surface area contributed by atoms with Gasteiger partial charge in [-0.15, -0.1) is 0 Å². The smallest absolute Gasteiger partial charge is 0.125 e. The molecule has 0 aliphatic carbocycles. The highest BCUT2D eigenvalue weighted by atomic mass is 35.5. The van der Waals surface area contributed by atoms with E-state index in [4.69, 9.17) is 23.2 Å². The van der Waals surface area contributed by atoms with Crippen LogP contribution in [-0.4, -0.2) is 0 Å². The average molecular weight is 259 g/mol. The van der Waals surface area contributed by atoms with Crippen molar-refractivity contribution in [1.82, 2.24) is 0 Å². The quantitative estimate of drug-likeness (QED) is 0.680. The van der Waals surface area contributed by atoms with Gasteiger partial charge in [-0.1, -0.05) is 23.2 Å². The van der Waals surface area contributed by atoms with Crippen molar-refractivity contribution in [2.45, 2.75) is 0 Å². The van der Waals surface area contributed by atoms with Crippen molar-refractivity contribution in [2.24, 2.45) is 0 Å². The van der Waals surface area contributed by atoms with Crippen LogP contribution in [0.5, 0.6) is 0 Å². The summed E-state index contributed by atoms with van der Waals surface area (Å²) in [6.07, 6.45) is 0. The van der Waals surface area contributed by atoms with Crippen molar-refractivity contribution in [1.29, 1.82) is 0 Å². The first-order valence-electron chi connectivity index (χ1n) is 4.48. The standard InChI is InChI=1S/C12H6Cl2F2/c13-8-3-7(4-10(16)5-8)11-2-1-9(15)6-12(11)14/h1-6H. The van der Waals surface area contributed by atoms with Crippen molar-refractivity contribution in [3.8, 4) is 11.1 Å². The van der Waals surface area contributed by atoms with Gasteiger partial charge in [0.05, 0.1) is 5.02 Å². The van der Waals surface area contributed by atoms with E-state index < -0.39 is 11.6 Å². The first-order valence-corrected chi connectivity index (χ1v) is 5.23. The molecule has 16 heavy (non-hydrogen) atoms. The van der Waals surface area contributed by atoms with Gasteiger partial charge in [0.1, 0.15) is 11.6 Å². The predicted octanol–water partition coefficient (Wildman–Crippen LogP) is 4.94. The van der Waals surface area contributed by atoms with Gasteiger partial charge in [0, 0.05) is 10.6 Å². The summed E-state index contributed by atoms with van der Waals surface area (Å²) in [5.74, 6) is -0.890. The largest absolute Gasteiger partial charge is 0.207 e. The van der Waals surface area contributed by atoms with Crippen LogP contribution >= 0.6 is 23.2 Å². The van der Waals surface area contributed by atoms with Gasteiger partial charge in [-0.3, -0.25) is 0 Å². The fraction of sp³-hybridized carbons (Fsp3) is 0. The van der Waals surface area contributed by atoms with Crippen LogP contribution in [0.4, 0.5) is 8.78 Å². The fourth-order valence-corrected chi connectivity index (χ4v) is 1.93. The Morgan fingerprint density at radius 2 is 1.56 bits per heavy atom. The zero-order chi connectivity index (χ0) is 11.7. The Kier molecular flexibility index (Phi) is 3.13. The van der Waals surface area contributed by atoms with E-state index in [2.05, 4.69) is 0 Å². The van der Waals surface area contributed by atoms with Crippen LogP contribution in [0.3, 0.4) is 0 Å². The molecule has 0 aromatic heterocycles. The monoisotopic (exact) mass is 258 g/mol. The van der Waals surface area contributed by atoms with Crippen molar-refractivity contribution in [3.05, 3.63) is 58.1 Å². The van der Waals surface area contributed by atoms with E-state index in [1.165, 1.54) is 30.3 Å². The average Bonchev–Trinajstić information content (AvgIpc) is 2.15. The third kappa shape index (κ3) is 2.34. The molecule has 82 valence electrons. The van der Waals surface area contributed by atoms with E-state index in [0.717, 1.165) is 0 Å². The minimum atomic E-state index is -0.456. The summed E-state index contributed by atoms with van der Waals surface area (Å²) in [5, 5.41) is 0.497. The molecule has 0 saturated carbocycles. The van der Waals surface area contributed by atoms with Gasteiger partial charge in [-0.2, -0.15) is 0 Å². The van der Waals surface area contributed by atoms with Crippen molar-refractivity contribution in [3.63, 3.8) is 0 Å². The second-order valence-electron chi connectivity index (χ2n) is 3.28. The molecular weight excluding hydrogens is 253 g/mol. The molecule has 0 amide bonds. The summed E-state index contributed by atoms with van der Waals surface area (Å²) in [4.78, 5) is 0. The number of rotatable bonds is 1. The molecule has 0 N–H and O–H groups in total. The van der Waals surface area contributed by atoms with E-state index in [-0.39, 0.29) is 10.0 Å². The molecule has 0 bridgehead atoms. The van der Waals surface area contributed by atoms with E-state index >= 15 is 0 Å². The molecule has 2 rings (SSSR count). The van der Waals surface area contributed by atoms with Crippen LogP contribution in [0.15, 0.2) is 36.4 Å². The molecule has 2 aromatic rings. The molecule has 0 aliphatic heterocycles. The molecule has 0 unspecified atom stereocenters. The molecule has 0 spiro atoms. The Bertz CT molecular complexity index is 518. The zero-order valence-corrected chi connectivity index (χ0v) is 9.49. The van der Waals surface area contributed by atoms with Gasteiger partial charge in [0.25, 0.3) is 0 Å².